The van der Waals surface area contributed by atoms with E-state index in [9.17, 15) is 9.59 Å². The van der Waals surface area contributed by atoms with Crippen LogP contribution in [0.5, 0.6) is 0 Å². The number of anilines is 1. The maximum absolute atomic E-state index is 12.6. The van der Waals surface area contributed by atoms with Crippen LogP contribution in [0.3, 0.4) is 0 Å². The molecule has 0 radical (unpaired) electrons. The summed E-state index contributed by atoms with van der Waals surface area (Å²) in [5, 5.41) is 4.67. The maximum atomic E-state index is 12.6. The number of halogens is 1. The van der Waals surface area contributed by atoms with Gasteiger partial charge >= 0.3 is 5.97 Å². The molecule has 1 aliphatic rings. The summed E-state index contributed by atoms with van der Waals surface area (Å²) in [6, 6.07) is 6.80. The van der Waals surface area contributed by atoms with E-state index < -0.39 is 11.9 Å². The highest BCUT2D eigenvalue weighted by molar-refractivity contribution is 7.17. The van der Waals surface area contributed by atoms with Crippen LogP contribution in [0.25, 0.3) is 11.0 Å². The number of esters is 1. The van der Waals surface area contributed by atoms with Gasteiger partial charge in [-0.2, -0.15) is 0 Å². The molecule has 1 aliphatic carbocycles. The standard InChI is InChI=1S/C19H16ClNO4S/c1-2-24-19(23)16-12-4-3-5-15(12)26-18(16)21-17(22)14-9-10-8-11(20)6-7-13(10)25-14/h6-9H,2-5H2,1H3,(H,21,22). The highest BCUT2D eigenvalue weighted by Gasteiger charge is 2.29. The second kappa shape index (κ2) is 6.78. The van der Waals surface area contributed by atoms with Crippen molar-refractivity contribution in [2.75, 3.05) is 11.9 Å². The van der Waals surface area contributed by atoms with Crippen molar-refractivity contribution in [2.45, 2.75) is 26.2 Å². The molecule has 4 rings (SSSR count). The highest BCUT2D eigenvalue weighted by atomic mass is 35.5. The Hall–Kier alpha value is -2.31. The Morgan fingerprint density at radius 3 is 2.96 bits per heavy atom. The van der Waals surface area contributed by atoms with Crippen LogP contribution in [0.15, 0.2) is 28.7 Å². The monoisotopic (exact) mass is 389 g/mol. The van der Waals surface area contributed by atoms with Crippen LogP contribution < -0.4 is 5.32 Å². The fourth-order valence-electron chi connectivity index (χ4n) is 3.20. The van der Waals surface area contributed by atoms with Crippen molar-refractivity contribution in [2.24, 2.45) is 0 Å². The fraction of sp³-hybridized carbons (Fsp3) is 0.263. The van der Waals surface area contributed by atoms with Gasteiger partial charge in [-0.3, -0.25) is 4.79 Å². The summed E-state index contributed by atoms with van der Waals surface area (Å²) in [5.41, 5.74) is 2.07. The van der Waals surface area contributed by atoms with Gasteiger partial charge in [-0.05, 0) is 56.0 Å². The number of ether oxygens (including phenoxy) is 1. The predicted octanol–water partition coefficient (Wildman–Crippen LogP) is 5.07. The van der Waals surface area contributed by atoms with Gasteiger partial charge in [0.15, 0.2) is 5.76 Å². The lowest BCUT2D eigenvalue weighted by atomic mass is 10.1. The number of fused-ring (bicyclic) bond motifs is 2. The Labute approximate surface area is 158 Å². The molecule has 1 amide bonds. The van der Waals surface area contributed by atoms with Gasteiger partial charge < -0.3 is 14.5 Å². The van der Waals surface area contributed by atoms with Crippen LogP contribution in [-0.2, 0) is 17.6 Å². The summed E-state index contributed by atoms with van der Waals surface area (Å²) in [4.78, 5) is 26.2. The SMILES string of the molecule is CCOC(=O)c1c(NC(=O)c2cc3cc(Cl)ccc3o2)sc2c1CCC2. The molecule has 5 nitrogen and oxygen atoms in total. The average Bonchev–Trinajstić information content (AvgIpc) is 3.27. The molecule has 2 heterocycles. The van der Waals surface area contributed by atoms with Gasteiger partial charge in [0.2, 0.25) is 0 Å². The number of hydrogen-bond acceptors (Lipinski definition) is 5. The van der Waals surface area contributed by atoms with Crippen LogP contribution in [0.2, 0.25) is 5.02 Å². The lowest BCUT2D eigenvalue weighted by molar-refractivity contribution is 0.0527. The normalized spacial score (nSPS) is 13.0. The zero-order chi connectivity index (χ0) is 18.3. The first-order valence-corrected chi connectivity index (χ1v) is 9.58. The number of carbonyl (C=O) groups is 2. The van der Waals surface area contributed by atoms with Gasteiger partial charge in [0, 0.05) is 15.3 Å². The van der Waals surface area contributed by atoms with E-state index in [1.807, 2.05) is 0 Å². The summed E-state index contributed by atoms with van der Waals surface area (Å²) in [6.07, 6.45) is 2.77. The van der Waals surface area contributed by atoms with Gasteiger partial charge in [0.05, 0.1) is 12.2 Å². The summed E-state index contributed by atoms with van der Waals surface area (Å²) in [5.74, 6) is -0.619. The van der Waals surface area contributed by atoms with E-state index in [1.165, 1.54) is 11.3 Å². The minimum Gasteiger partial charge on any atom is -0.462 e. The largest absolute Gasteiger partial charge is 0.462 e. The molecule has 0 atom stereocenters. The molecule has 134 valence electrons. The van der Waals surface area contributed by atoms with Crippen molar-refractivity contribution in [3.63, 3.8) is 0 Å². The molecule has 0 fully saturated rings. The minimum atomic E-state index is -0.400. The first-order chi connectivity index (χ1) is 12.6. The molecule has 3 aromatic rings. The van der Waals surface area contributed by atoms with Crippen molar-refractivity contribution in [1.29, 1.82) is 0 Å². The maximum Gasteiger partial charge on any atom is 0.341 e. The van der Waals surface area contributed by atoms with E-state index >= 15 is 0 Å². The van der Waals surface area contributed by atoms with Crippen molar-refractivity contribution < 1.29 is 18.7 Å². The lowest BCUT2D eigenvalue weighted by Gasteiger charge is -2.06. The highest BCUT2D eigenvalue weighted by Crippen LogP contribution is 2.39. The zero-order valence-corrected chi connectivity index (χ0v) is 15.6. The molecule has 1 N–H and O–H groups in total. The van der Waals surface area contributed by atoms with Gasteiger partial charge in [0.1, 0.15) is 10.6 Å². The van der Waals surface area contributed by atoms with E-state index in [2.05, 4.69) is 5.32 Å². The van der Waals surface area contributed by atoms with Crippen LogP contribution in [0.1, 0.15) is 44.7 Å². The second-order valence-electron chi connectivity index (χ2n) is 6.03. The number of carbonyl (C=O) groups excluding carboxylic acids is 2. The van der Waals surface area contributed by atoms with Crippen molar-refractivity contribution in [3.05, 3.63) is 51.1 Å². The Morgan fingerprint density at radius 2 is 2.15 bits per heavy atom. The molecule has 0 saturated carbocycles. The van der Waals surface area contributed by atoms with E-state index in [0.29, 0.717) is 27.8 Å². The minimum absolute atomic E-state index is 0.172. The molecular formula is C19H16ClNO4S. The number of rotatable bonds is 4. The topological polar surface area (TPSA) is 68.5 Å². The molecular weight excluding hydrogens is 374 g/mol. The first-order valence-electron chi connectivity index (χ1n) is 8.39. The molecule has 0 unspecified atom stereocenters. The average molecular weight is 390 g/mol. The van der Waals surface area contributed by atoms with Gasteiger partial charge in [-0.25, -0.2) is 4.79 Å². The first kappa shape index (κ1) is 17.1. The van der Waals surface area contributed by atoms with E-state index in [4.69, 9.17) is 20.8 Å². The summed E-state index contributed by atoms with van der Waals surface area (Å²) >= 11 is 7.41. The quantitative estimate of drug-likeness (QED) is 0.633. The Balaban J connectivity index is 1.65. The van der Waals surface area contributed by atoms with Crippen LogP contribution in [-0.4, -0.2) is 18.5 Å². The molecule has 2 aromatic heterocycles. The van der Waals surface area contributed by atoms with Crippen LogP contribution in [0, 0.1) is 0 Å². The number of amides is 1. The Morgan fingerprint density at radius 1 is 1.31 bits per heavy atom. The van der Waals surface area contributed by atoms with E-state index in [-0.39, 0.29) is 5.76 Å². The van der Waals surface area contributed by atoms with Crippen molar-refractivity contribution in [1.82, 2.24) is 0 Å². The smallest absolute Gasteiger partial charge is 0.341 e. The van der Waals surface area contributed by atoms with Crippen LogP contribution >= 0.6 is 22.9 Å². The lowest BCUT2D eigenvalue weighted by Crippen LogP contribution is -2.14. The molecule has 0 spiro atoms. The van der Waals surface area contributed by atoms with Gasteiger partial charge in [0.25, 0.3) is 5.91 Å². The van der Waals surface area contributed by atoms with E-state index in [1.54, 1.807) is 31.2 Å². The number of benzene rings is 1. The van der Waals surface area contributed by atoms with Crippen LogP contribution in [0.4, 0.5) is 5.00 Å². The summed E-state index contributed by atoms with van der Waals surface area (Å²) in [6.45, 7) is 2.06. The van der Waals surface area contributed by atoms with E-state index in [0.717, 1.165) is 35.1 Å². The molecule has 26 heavy (non-hydrogen) atoms. The molecule has 0 aliphatic heterocycles. The molecule has 1 aromatic carbocycles. The summed E-state index contributed by atoms with van der Waals surface area (Å²) in [7, 11) is 0. The molecule has 0 saturated heterocycles. The molecule has 0 bridgehead atoms. The number of furan rings is 1. The third-order valence-corrected chi connectivity index (χ3v) is 5.77. The second-order valence-corrected chi connectivity index (χ2v) is 7.57. The zero-order valence-electron chi connectivity index (χ0n) is 14.1. The fourth-order valence-corrected chi connectivity index (χ4v) is 4.66. The third-order valence-electron chi connectivity index (χ3n) is 4.33. The predicted molar refractivity (Wildman–Crippen MR) is 101 cm³/mol. The number of hydrogen-bond donors (Lipinski definition) is 1. The third kappa shape index (κ3) is 2.99. The Kier molecular flexibility index (Phi) is 4.46. The van der Waals surface area contributed by atoms with Crippen molar-refractivity contribution in [3.8, 4) is 0 Å². The number of thiophene rings is 1. The number of aryl methyl sites for hydroxylation is 1. The summed E-state index contributed by atoms with van der Waals surface area (Å²) < 4.78 is 10.8. The number of nitrogens with one attached hydrogen (secondary N) is 1. The Bertz CT molecular complexity index is 1020. The van der Waals surface area contributed by atoms with Gasteiger partial charge in [-0.15, -0.1) is 11.3 Å². The van der Waals surface area contributed by atoms with Crippen molar-refractivity contribution >= 4 is 50.8 Å². The van der Waals surface area contributed by atoms with Gasteiger partial charge in [-0.1, -0.05) is 11.6 Å². The molecule has 7 heteroatoms.